The summed E-state index contributed by atoms with van der Waals surface area (Å²) in [5, 5.41) is 0. The second kappa shape index (κ2) is 9.49. The Morgan fingerprint density at radius 2 is 1.90 bits per heavy atom. The summed E-state index contributed by atoms with van der Waals surface area (Å²) >= 11 is 0. The van der Waals surface area contributed by atoms with Crippen molar-refractivity contribution in [2.75, 3.05) is 32.2 Å². The molecule has 1 aromatic carbocycles. The van der Waals surface area contributed by atoms with Crippen LogP contribution in [0.25, 0.3) is 0 Å². The smallest absolute Gasteiger partial charge is 0.234 e. The van der Waals surface area contributed by atoms with E-state index in [0.717, 1.165) is 36.5 Å². The summed E-state index contributed by atoms with van der Waals surface area (Å²) in [6.07, 6.45) is 3.90. The Morgan fingerprint density at radius 3 is 2.55 bits per heavy atom. The number of ether oxygens (including phenoxy) is 3. The third-order valence-corrected chi connectivity index (χ3v) is 5.81. The summed E-state index contributed by atoms with van der Waals surface area (Å²) in [6, 6.07) is 6.93. The molecule has 0 saturated carbocycles. The number of anilines is 1. The molecule has 0 N–H and O–H groups in total. The first kappa shape index (κ1) is 23.4. The maximum Gasteiger partial charge on any atom is 0.234 e. The molecule has 170 valence electrons. The lowest BCUT2D eigenvalue weighted by atomic mass is 9.85. The van der Waals surface area contributed by atoms with Gasteiger partial charge in [-0.3, -0.25) is 4.98 Å². The van der Waals surface area contributed by atoms with E-state index < -0.39 is 5.79 Å². The molecule has 1 aromatic heterocycles. The molecule has 1 atom stereocenters. The lowest BCUT2D eigenvalue weighted by molar-refractivity contribution is -0.241. The van der Waals surface area contributed by atoms with Crippen LogP contribution in [0.5, 0.6) is 5.88 Å². The average molecular weight is 432 g/mol. The van der Waals surface area contributed by atoms with E-state index in [0.29, 0.717) is 18.8 Å². The van der Waals surface area contributed by atoms with E-state index in [4.69, 9.17) is 19.2 Å². The molecule has 0 amide bonds. The minimum Gasteiger partial charge on any atom is -0.471 e. The molecule has 3 rings (SSSR count). The van der Waals surface area contributed by atoms with Gasteiger partial charge in [-0.2, -0.15) is 4.98 Å². The minimum atomic E-state index is -0.807. The van der Waals surface area contributed by atoms with Crippen LogP contribution < -0.4 is 9.64 Å². The summed E-state index contributed by atoms with van der Waals surface area (Å²) in [5.41, 5.74) is 1.19. The molecule has 0 aliphatic carbocycles. The van der Waals surface area contributed by atoms with E-state index in [9.17, 15) is 4.39 Å². The van der Waals surface area contributed by atoms with Crippen molar-refractivity contribution in [2.24, 2.45) is 5.92 Å². The summed E-state index contributed by atoms with van der Waals surface area (Å²) in [5.74, 6) is 0.420. The number of hydrogen-bond acceptors (Lipinski definition) is 6. The van der Waals surface area contributed by atoms with Gasteiger partial charge in [0.2, 0.25) is 5.88 Å². The number of halogens is 1. The van der Waals surface area contributed by atoms with Crippen molar-refractivity contribution in [1.29, 1.82) is 0 Å². The Hall–Kier alpha value is -2.25. The van der Waals surface area contributed by atoms with Crippen LogP contribution in [0.1, 0.15) is 44.9 Å². The van der Waals surface area contributed by atoms with E-state index in [1.165, 1.54) is 6.07 Å². The van der Waals surface area contributed by atoms with Crippen LogP contribution >= 0.6 is 0 Å². The van der Waals surface area contributed by atoms with Crippen LogP contribution in [0.2, 0.25) is 0 Å². The van der Waals surface area contributed by atoms with E-state index >= 15 is 0 Å². The lowest BCUT2D eigenvalue weighted by Crippen LogP contribution is -2.57. The Labute approximate surface area is 184 Å². The van der Waals surface area contributed by atoms with Crippen LogP contribution in [0.4, 0.5) is 10.2 Å². The zero-order chi connectivity index (χ0) is 22.6. The number of hydrogen-bond donors (Lipinski definition) is 0. The third-order valence-electron chi connectivity index (χ3n) is 5.81. The fraction of sp³-hybridized carbons (Fsp3) is 0.583. The van der Waals surface area contributed by atoms with Crippen molar-refractivity contribution in [3.63, 3.8) is 0 Å². The van der Waals surface area contributed by atoms with Crippen molar-refractivity contribution in [1.82, 2.24) is 9.97 Å². The molecule has 1 fully saturated rings. The van der Waals surface area contributed by atoms with E-state index in [2.05, 4.69) is 9.88 Å². The second-order valence-electron chi connectivity index (χ2n) is 9.09. The van der Waals surface area contributed by atoms with Crippen molar-refractivity contribution in [3.05, 3.63) is 47.5 Å². The zero-order valence-corrected chi connectivity index (χ0v) is 19.4. The largest absolute Gasteiger partial charge is 0.471 e. The Morgan fingerprint density at radius 1 is 1.19 bits per heavy atom. The summed E-state index contributed by atoms with van der Waals surface area (Å²) in [7, 11) is 3.33. The number of piperidine rings is 1. The van der Waals surface area contributed by atoms with Gasteiger partial charge in [0, 0.05) is 26.7 Å². The number of aryl methyl sites for hydroxylation is 2. The topological polar surface area (TPSA) is 56.7 Å². The fourth-order valence-corrected chi connectivity index (χ4v) is 4.21. The number of aromatic nitrogens is 2. The van der Waals surface area contributed by atoms with Crippen LogP contribution in [-0.4, -0.2) is 48.7 Å². The Kier molecular flexibility index (Phi) is 7.17. The first-order valence-corrected chi connectivity index (χ1v) is 10.8. The van der Waals surface area contributed by atoms with Gasteiger partial charge in [-0.15, -0.1) is 0 Å². The molecule has 1 unspecified atom stereocenters. The molecule has 31 heavy (non-hydrogen) atoms. The Bertz CT molecular complexity index is 881. The van der Waals surface area contributed by atoms with Gasteiger partial charge in [-0.1, -0.05) is 18.2 Å². The molecule has 1 saturated heterocycles. The van der Waals surface area contributed by atoms with Crippen molar-refractivity contribution >= 4 is 5.82 Å². The molecule has 0 spiro atoms. The molecule has 2 heterocycles. The van der Waals surface area contributed by atoms with Gasteiger partial charge in [0.15, 0.2) is 11.6 Å². The number of methoxy groups -OCH3 is 2. The van der Waals surface area contributed by atoms with Crippen LogP contribution in [-0.2, 0) is 15.9 Å². The van der Waals surface area contributed by atoms with Gasteiger partial charge < -0.3 is 19.1 Å². The predicted octanol–water partition coefficient (Wildman–Crippen LogP) is 4.55. The highest BCUT2D eigenvalue weighted by atomic mass is 19.1. The maximum atomic E-state index is 14.1. The van der Waals surface area contributed by atoms with Crippen LogP contribution in [0.15, 0.2) is 30.5 Å². The van der Waals surface area contributed by atoms with Gasteiger partial charge in [0.25, 0.3) is 0 Å². The fourth-order valence-electron chi connectivity index (χ4n) is 4.21. The molecule has 1 aliphatic heterocycles. The molecule has 0 bridgehead atoms. The zero-order valence-electron chi connectivity index (χ0n) is 19.4. The molecule has 6 nitrogen and oxygen atoms in total. The Balaban J connectivity index is 1.79. The number of benzene rings is 1. The summed E-state index contributed by atoms with van der Waals surface area (Å²) < 4.78 is 31.8. The molecule has 0 radical (unpaired) electrons. The van der Waals surface area contributed by atoms with Gasteiger partial charge in [-0.05, 0) is 58.6 Å². The first-order valence-electron chi connectivity index (χ1n) is 10.8. The van der Waals surface area contributed by atoms with E-state index in [-0.39, 0.29) is 17.3 Å². The average Bonchev–Trinajstić information content (AvgIpc) is 2.73. The highest BCUT2D eigenvalue weighted by molar-refractivity contribution is 5.45. The highest BCUT2D eigenvalue weighted by Crippen LogP contribution is 2.37. The van der Waals surface area contributed by atoms with Gasteiger partial charge >= 0.3 is 0 Å². The maximum absolute atomic E-state index is 14.1. The molecule has 7 heteroatoms. The standard InChI is InChI=1S/C24H34FN3O3/c1-17-22(27-21(15-26-17)31-23(2,3)4)28-14-13-19(24(16-28,29-5)30-6)12-11-18-9-7-8-10-20(18)25/h7-10,15,19H,11-14,16H2,1-6H3. The lowest BCUT2D eigenvalue weighted by Gasteiger charge is -2.46. The second-order valence-corrected chi connectivity index (χ2v) is 9.09. The van der Waals surface area contributed by atoms with Crippen molar-refractivity contribution in [2.45, 2.75) is 58.3 Å². The third kappa shape index (κ3) is 5.52. The van der Waals surface area contributed by atoms with E-state index in [1.54, 1.807) is 26.5 Å². The number of nitrogens with zero attached hydrogens (tertiary/aromatic N) is 3. The van der Waals surface area contributed by atoms with E-state index in [1.807, 2.05) is 39.8 Å². The summed E-state index contributed by atoms with van der Waals surface area (Å²) in [6.45, 7) is 9.18. The molecule has 2 aromatic rings. The van der Waals surface area contributed by atoms with Crippen molar-refractivity contribution in [3.8, 4) is 5.88 Å². The summed E-state index contributed by atoms with van der Waals surface area (Å²) in [4.78, 5) is 11.4. The van der Waals surface area contributed by atoms with Crippen LogP contribution in [0, 0.1) is 18.7 Å². The normalized spacial score (nSPS) is 18.8. The van der Waals surface area contributed by atoms with Gasteiger partial charge in [0.1, 0.15) is 11.4 Å². The number of rotatable bonds is 7. The SMILES string of the molecule is COC1(OC)CN(c2nc(OC(C)(C)C)cnc2C)CCC1CCc1ccccc1F. The highest BCUT2D eigenvalue weighted by Gasteiger charge is 2.44. The molecule has 1 aliphatic rings. The molecular formula is C24H34FN3O3. The van der Waals surface area contributed by atoms with Crippen molar-refractivity contribution < 1.29 is 18.6 Å². The van der Waals surface area contributed by atoms with Gasteiger partial charge in [0.05, 0.1) is 18.4 Å². The predicted molar refractivity (Wildman–Crippen MR) is 119 cm³/mol. The quantitative estimate of drug-likeness (QED) is 0.600. The monoisotopic (exact) mass is 431 g/mol. The minimum absolute atomic E-state index is 0.126. The first-order chi connectivity index (χ1) is 14.7. The molecular weight excluding hydrogens is 397 g/mol. The van der Waals surface area contributed by atoms with Crippen LogP contribution in [0.3, 0.4) is 0 Å². The van der Waals surface area contributed by atoms with Gasteiger partial charge in [-0.25, -0.2) is 4.39 Å².